The predicted octanol–water partition coefficient (Wildman–Crippen LogP) is 0.373. The molecule has 35 heteroatoms. The zero-order chi connectivity index (χ0) is 80.3. The second-order valence-electron chi connectivity index (χ2n) is 32.8. The molecule has 3 aromatic rings. The van der Waals surface area contributed by atoms with Gasteiger partial charge in [-0.15, -0.1) is 0 Å². The van der Waals surface area contributed by atoms with Crippen molar-refractivity contribution in [3.05, 3.63) is 59.2 Å². The van der Waals surface area contributed by atoms with E-state index in [4.69, 9.17) is 16.2 Å². The number of aliphatic carboxylic acids is 1. The molecule has 11 unspecified atom stereocenters. The number of hydrogen-bond acceptors (Lipinski definition) is 19. The highest BCUT2D eigenvalue weighted by Gasteiger charge is 2.67. The summed E-state index contributed by atoms with van der Waals surface area (Å²) in [7, 11) is -1.49. The minimum absolute atomic E-state index is 0.00999. The van der Waals surface area contributed by atoms with Gasteiger partial charge in [0.1, 0.15) is 77.5 Å². The lowest BCUT2D eigenvalue weighted by Gasteiger charge is -2.64. The Morgan fingerprint density at radius 1 is 0.649 bits per heavy atom. The predicted molar refractivity (Wildman–Crippen MR) is 399 cm³/mol. The maximum atomic E-state index is 15.2. The highest BCUT2D eigenvalue weighted by atomic mass is 32.2. The summed E-state index contributed by atoms with van der Waals surface area (Å²) < 4.78 is 20.2. The molecule has 4 saturated heterocycles. The van der Waals surface area contributed by atoms with Gasteiger partial charge in [-0.3, -0.25) is 61.7 Å². The Hall–Kier alpha value is -9.54. The number of phenolic OH excluding ortho intramolecular Hbond substituents is 1. The van der Waals surface area contributed by atoms with Crippen LogP contribution in [0.25, 0.3) is 0 Å². The van der Waals surface area contributed by atoms with Crippen LogP contribution >= 0.6 is 0 Å². The number of likely N-dealkylation sites (tertiary alicyclic amines) is 4. The first-order chi connectivity index (χ1) is 52.6. The van der Waals surface area contributed by atoms with E-state index >= 15 is 14.4 Å². The minimum atomic E-state index is -1.58. The van der Waals surface area contributed by atoms with E-state index in [1.165, 1.54) is 61.9 Å². The number of benzene rings is 1. The highest BCUT2D eigenvalue weighted by molar-refractivity contribution is 7.84. The second kappa shape index (κ2) is 34.2. The SMILES string of the molecule is CC(C)CC(NC(=O)C1CCCN1C(=O)C(CCC(N)=O)NC(=O)C(Cc1cnc[nH]1)NC(=O)C1CCCN1C(=O)C(CCC(N)=O)NC(=O)C(Cc1cnc[nH]1)NC(=O)C(CCS(C)=O)N1Cc2c(cc(O)c3c2O[C@]2(C3)[C@H](C)CC[C@H]3C(C)(C)[C@H](O)CC[C@@]32C)C1=O)C(=O)N1CCCC1C(=O)N1CCCC1C(=O)O. The van der Waals surface area contributed by atoms with E-state index in [0.717, 1.165) is 12.8 Å². The van der Waals surface area contributed by atoms with Crippen molar-refractivity contribution in [1.29, 1.82) is 0 Å². The average Bonchev–Trinajstić information content (AvgIpc) is 1.60. The number of imidazole rings is 2. The zero-order valence-corrected chi connectivity index (χ0v) is 65.0. The first kappa shape index (κ1) is 82.4. The van der Waals surface area contributed by atoms with Crippen LogP contribution in [0.5, 0.6) is 11.5 Å². The average molecular weight is 1570 g/mol. The first-order valence-corrected chi connectivity index (χ1v) is 40.7. The van der Waals surface area contributed by atoms with Gasteiger partial charge < -0.3 is 92.6 Å². The third-order valence-corrected chi connectivity index (χ3v) is 25.7. The topological polar surface area (TPSA) is 495 Å². The van der Waals surface area contributed by atoms with Crippen molar-refractivity contribution in [2.45, 2.75) is 255 Å². The van der Waals surface area contributed by atoms with Crippen molar-refractivity contribution in [2.75, 3.05) is 38.2 Å². The van der Waals surface area contributed by atoms with Gasteiger partial charge >= 0.3 is 5.97 Å². The molecule has 1 spiro atoms. The van der Waals surface area contributed by atoms with Crippen LogP contribution in [0.1, 0.15) is 190 Å². The first-order valence-electron chi connectivity index (χ1n) is 39.0. The van der Waals surface area contributed by atoms with Crippen LogP contribution in [-0.2, 0) is 94.1 Å². The largest absolute Gasteiger partial charge is 0.508 e. The Kier molecular flexibility index (Phi) is 25.4. The van der Waals surface area contributed by atoms with Gasteiger partial charge in [0.05, 0.1) is 30.9 Å². The monoisotopic (exact) mass is 1560 g/mol. The summed E-state index contributed by atoms with van der Waals surface area (Å²) in [5.74, 6) is -10.2. The summed E-state index contributed by atoms with van der Waals surface area (Å²) in [6.07, 6.45) is 9.79. The number of carboxylic acids is 1. The smallest absolute Gasteiger partial charge is 0.326 e. The fourth-order valence-electron chi connectivity index (χ4n) is 19.0. The molecule has 8 aliphatic rings. The Bertz CT molecular complexity index is 4080. The number of aromatic hydroxyl groups is 1. The zero-order valence-electron chi connectivity index (χ0n) is 64.2. The fraction of sp³-hybridized carbons (Fsp3) is 0.671. The molecule has 2 aromatic heterocycles. The third kappa shape index (κ3) is 17.3. The van der Waals surface area contributed by atoms with Crippen LogP contribution in [0.3, 0.4) is 0 Å². The van der Waals surface area contributed by atoms with Gasteiger partial charge in [0.2, 0.25) is 65.0 Å². The molecule has 111 heavy (non-hydrogen) atoms. The van der Waals surface area contributed by atoms with E-state index in [1.54, 1.807) is 0 Å². The quantitative estimate of drug-likeness (QED) is 0.0414. The standard InChI is InChI=1S/C76H108N16O18S/c1-40(2)30-51(71(105)90-27-10-14-55(90)72(106)91-28-11-15-56(91)73(107)108)87-66(100)53-13-9-26-89(53)70(104)48(18-21-61(78)96)83-63(97)49(31-42-35-79-38-81-42)85-65(99)52-12-8-25-88(52)69(103)47(17-20-60(77)95)84-64(98)50(32-43-36-80-39-82-43)86-67(101)54(23-29-111(7)109)92-37-46-44(68(92)102)33-57(93)45-34-76(110-62(45)46)41(3)16-19-58-74(4,5)59(94)22-24-75(58,76)6/h33,35-36,38-41,47-56,58-59,93-94H,8-32,34,37H2,1-7H3,(H2,77,95)(H2,78,96)(H,79,81)(H,80,82)(H,83,97)(H,84,98)(H,85,99)(H,86,101)(H,87,100)(H,107,108)/t41-,47?,48?,49?,50?,51?,52?,53?,54?,55?,56?,58+,59-,75+,76-,111?/m1/s1. The number of phenols is 1. The van der Waals surface area contributed by atoms with Crippen molar-refractivity contribution in [3.63, 3.8) is 0 Å². The maximum Gasteiger partial charge on any atom is 0.326 e. The molecule has 2 saturated carbocycles. The van der Waals surface area contributed by atoms with E-state index in [2.05, 4.69) is 74.2 Å². The minimum Gasteiger partial charge on any atom is -0.508 e. The number of carbonyl (C=O) groups is 13. The number of amides is 12. The molecule has 0 radical (unpaired) electrons. The molecule has 6 aliphatic heterocycles. The number of aromatic amines is 2. The van der Waals surface area contributed by atoms with Gasteiger partial charge in [-0.05, 0) is 132 Å². The Labute approximate surface area is 646 Å². The van der Waals surface area contributed by atoms with Crippen molar-refractivity contribution in [1.82, 2.24) is 71.0 Å². The fourth-order valence-corrected chi connectivity index (χ4v) is 19.6. The van der Waals surface area contributed by atoms with E-state index in [0.29, 0.717) is 73.2 Å². The molecule has 6 fully saturated rings. The molecular weight excluding hydrogens is 1460 g/mol. The number of carbonyl (C=O) groups excluding carboxylic acids is 12. The van der Waals surface area contributed by atoms with Gasteiger partial charge in [-0.2, -0.15) is 0 Å². The summed E-state index contributed by atoms with van der Waals surface area (Å²) in [5.41, 5.74) is 11.4. The Morgan fingerprint density at radius 2 is 1.14 bits per heavy atom. The van der Waals surface area contributed by atoms with Gasteiger partial charge in [0.25, 0.3) is 5.91 Å². The molecule has 1 aromatic carbocycles. The summed E-state index contributed by atoms with van der Waals surface area (Å²) in [6.45, 7) is 12.4. The van der Waals surface area contributed by atoms with E-state index in [9.17, 15) is 67.5 Å². The van der Waals surface area contributed by atoms with Crippen molar-refractivity contribution in [3.8, 4) is 11.5 Å². The van der Waals surface area contributed by atoms with Crippen molar-refractivity contribution < 1.29 is 86.6 Å². The van der Waals surface area contributed by atoms with E-state index in [-0.39, 0.29) is 132 Å². The molecule has 34 nitrogen and oxygen atoms in total. The lowest BCUT2D eigenvalue weighted by atomic mass is 9.43. The number of primary amides is 2. The number of H-pyrrole nitrogens is 2. The summed E-state index contributed by atoms with van der Waals surface area (Å²) >= 11 is 0. The second-order valence-corrected chi connectivity index (χ2v) is 34.4. The van der Waals surface area contributed by atoms with Crippen molar-refractivity contribution >= 4 is 87.7 Å². The van der Waals surface area contributed by atoms with Crippen LogP contribution in [0, 0.1) is 28.6 Å². The molecule has 14 N–H and O–H groups in total. The Morgan fingerprint density at radius 3 is 1.66 bits per heavy atom. The molecule has 12 amide bonds. The van der Waals surface area contributed by atoms with Crippen molar-refractivity contribution in [2.24, 2.45) is 40.1 Å². The van der Waals surface area contributed by atoms with Crippen LogP contribution in [0.4, 0.5) is 0 Å². The van der Waals surface area contributed by atoms with E-state index < -0.39 is 183 Å². The molecule has 11 rings (SSSR count). The number of nitrogens with one attached hydrogen (secondary N) is 7. The lowest BCUT2D eigenvalue weighted by Crippen LogP contribution is -2.66. The summed E-state index contributed by atoms with van der Waals surface area (Å²) in [4.78, 5) is 205. The number of aromatic nitrogens is 4. The van der Waals surface area contributed by atoms with Crippen LogP contribution in [-0.4, -0.2) is 251 Å². The van der Waals surface area contributed by atoms with Crippen LogP contribution in [0.2, 0.25) is 0 Å². The maximum absolute atomic E-state index is 15.2. The number of fused-ring (bicyclic) bond motifs is 5. The van der Waals surface area contributed by atoms with E-state index in [1.807, 2.05) is 13.8 Å². The third-order valence-electron chi connectivity index (χ3n) is 24.9. The number of rotatable bonds is 31. The molecule has 606 valence electrons. The van der Waals surface area contributed by atoms with Gasteiger partial charge in [-0.1, -0.05) is 41.5 Å². The van der Waals surface area contributed by atoms with Gasteiger partial charge in [-0.25, -0.2) is 14.8 Å². The lowest BCUT2D eigenvalue weighted by molar-refractivity contribution is -0.210. The van der Waals surface area contributed by atoms with Crippen LogP contribution < -0.4 is 42.8 Å². The Balaban J connectivity index is 0.786. The number of aliphatic hydroxyl groups is 1. The number of ether oxygens (including phenoxy) is 1. The molecule has 16 atom stereocenters. The molecule has 8 heterocycles. The number of carboxylic acid groups (broad SMARTS) is 1. The number of nitrogens with two attached hydrogens (primary N) is 2. The number of hydrogen-bond donors (Lipinski definition) is 12. The van der Waals surface area contributed by atoms with Gasteiger partial charge in [0.15, 0.2) is 0 Å². The molecule has 0 bridgehead atoms. The van der Waals surface area contributed by atoms with Gasteiger partial charge in [0, 0.05) is 121 Å². The number of aliphatic hydroxyl groups excluding tert-OH is 1. The normalized spacial score (nSPS) is 26.4. The number of nitrogens with zero attached hydrogens (tertiary/aromatic N) is 7. The van der Waals surface area contributed by atoms with Crippen LogP contribution in [0.15, 0.2) is 31.1 Å². The molecule has 2 aliphatic carbocycles. The summed E-state index contributed by atoms with van der Waals surface area (Å²) in [5, 5.41) is 46.8. The highest BCUT2D eigenvalue weighted by Crippen LogP contribution is 2.67. The molecular formula is C76H108N16O18S. The summed E-state index contributed by atoms with van der Waals surface area (Å²) in [6, 6.07) is -11.7.